The summed E-state index contributed by atoms with van der Waals surface area (Å²) < 4.78 is 49.3. The van der Waals surface area contributed by atoms with Crippen molar-refractivity contribution in [1.82, 2.24) is 9.55 Å². The molecule has 1 aromatic heterocycles. The van der Waals surface area contributed by atoms with E-state index in [1.807, 2.05) is 0 Å². The predicted molar refractivity (Wildman–Crippen MR) is 109 cm³/mol. The van der Waals surface area contributed by atoms with Crippen molar-refractivity contribution in [3.8, 4) is 0 Å². The van der Waals surface area contributed by atoms with Crippen LogP contribution in [-0.4, -0.2) is 78.1 Å². The zero-order valence-corrected chi connectivity index (χ0v) is 19.8. The van der Waals surface area contributed by atoms with Gasteiger partial charge in [0.1, 0.15) is 17.9 Å². The highest BCUT2D eigenvalue weighted by atomic mass is 31.3. The number of aromatic nitrogens is 2. The average Bonchev–Trinajstić information content (AvgIpc) is 3.21. The van der Waals surface area contributed by atoms with Crippen molar-refractivity contribution in [3.05, 3.63) is 32.6 Å². The van der Waals surface area contributed by atoms with Crippen LogP contribution in [0.4, 0.5) is 0 Å². The third kappa shape index (κ3) is 6.29. The van der Waals surface area contributed by atoms with Crippen LogP contribution in [0.15, 0.2) is 15.8 Å². The summed E-state index contributed by atoms with van der Waals surface area (Å²) in [6, 6.07) is 0. The fourth-order valence-electron chi connectivity index (χ4n) is 3.44. The van der Waals surface area contributed by atoms with E-state index in [2.05, 4.69) is 18.3 Å². The standard InChI is InChI=1S/C16H26N2O14P2/c1-8-5-18(15(22)17-14(8)21)12-3-10(20)11(30-12)6-28-33(24,25)32-34(26,27)31-13-4-16(23,7-19)9(2)29-13/h5,9-13,19-20,23H,3-4,6-7H2,1-2H3,(H,24,25)(H,26,27)(H,17,21,22)/t9-,10-,11+,12+,13+,16+/m0/s1. The molecule has 8 atom stereocenters. The molecule has 16 nitrogen and oxygen atoms in total. The molecule has 2 saturated heterocycles. The smallest absolute Gasteiger partial charge is 0.393 e. The molecule has 2 unspecified atom stereocenters. The highest BCUT2D eigenvalue weighted by Crippen LogP contribution is 2.61. The highest BCUT2D eigenvalue weighted by molar-refractivity contribution is 7.61. The van der Waals surface area contributed by atoms with Crippen molar-refractivity contribution in [2.24, 2.45) is 0 Å². The van der Waals surface area contributed by atoms with Crippen LogP contribution in [0, 0.1) is 6.92 Å². The summed E-state index contributed by atoms with van der Waals surface area (Å²) in [5.74, 6) is 0. The van der Waals surface area contributed by atoms with Crippen molar-refractivity contribution in [2.45, 2.75) is 63.1 Å². The maximum absolute atomic E-state index is 12.1. The summed E-state index contributed by atoms with van der Waals surface area (Å²) in [6.07, 6.45) is -5.31. The number of H-pyrrole nitrogens is 1. The molecule has 18 heteroatoms. The van der Waals surface area contributed by atoms with E-state index in [4.69, 9.17) is 9.47 Å². The molecular weight excluding hydrogens is 506 g/mol. The Kier molecular flexibility index (Phi) is 8.05. The van der Waals surface area contributed by atoms with Crippen LogP contribution in [0.5, 0.6) is 0 Å². The Morgan fingerprint density at radius 2 is 1.94 bits per heavy atom. The van der Waals surface area contributed by atoms with E-state index in [1.54, 1.807) is 0 Å². The topological polar surface area (TPSA) is 236 Å². The zero-order chi connectivity index (χ0) is 25.5. The predicted octanol–water partition coefficient (Wildman–Crippen LogP) is -1.40. The molecule has 1 aromatic rings. The second-order valence-corrected chi connectivity index (χ2v) is 11.0. The van der Waals surface area contributed by atoms with Gasteiger partial charge in [-0.1, -0.05) is 0 Å². The number of phosphoric acid groups is 2. The number of nitrogens with one attached hydrogen (secondary N) is 1. The number of aromatic amines is 1. The zero-order valence-electron chi connectivity index (χ0n) is 18.0. The Morgan fingerprint density at radius 3 is 2.56 bits per heavy atom. The summed E-state index contributed by atoms with van der Waals surface area (Å²) in [5.41, 5.74) is -2.92. The minimum atomic E-state index is -5.25. The largest absolute Gasteiger partial charge is 0.483 e. The summed E-state index contributed by atoms with van der Waals surface area (Å²) in [4.78, 5) is 45.1. The molecule has 2 aliphatic rings. The van der Waals surface area contributed by atoms with E-state index < -0.39 is 83.0 Å². The van der Waals surface area contributed by atoms with Gasteiger partial charge in [-0.15, -0.1) is 0 Å². The van der Waals surface area contributed by atoms with Gasteiger partial charge in [0.25, 0.3) is 5.56 Å². The molecule has 2 aliphatic heterocycles. The quantitative estimate of drug-likeness (QED) is 0.201. The van der Waals surface area contributed by atoms with Gasteiger partial charge in [0, 0.05) is 24.6 Å². The third-order valence-corrected chi connectivity index (χ3v) is 8.05. The second kappa shape index (κ2) is 10.0. The molecule has 3 rings (SSSR count). The Hall–Kier alpha value is -1.26. The number of aliphatic hydroxyl groups excluding tert-OH is 2. The lowest BCUT2D eigenvalue weighted by Gasteiger charge is -2.22. The number of nitrogens with zero attached hydrogens (tertiary/aromatic N) is 1. The van der Waals surface area contributed by atoms with E-state index in [0.717, 1.165) is 4.57 Å². The number of rotatable bonds is 9. The monoisotopic (exact) mass is 532 g/mol. The SMILES string of the molecule is Cc1cn([C@H]2C[C@H](O)[C@@H](COP(=O)(O)OP(=O)(O)O[C@@H]3C[C@@](O)(CO)[C@H](C)O3)O2)c(=O)[nH]c1=O. The van der Waals surface area contributed by atoms with Crippen LogP contribution in [0.1, 0.15) is 31.6 Å². The maximum atomic E-state index is 12.1. The lowest BCUT2D eigenvalue weighted by Crippen LogP contribution is -2.39. The van der Waals surface area contributed by atoms with E-state index >= 15 is 0 Å². The average molecular weight is 532 g/mol. The van der Waals surface area contributed by atoms with Gasteiger partial charge < -0.3 is 34.6 Å². The van der Waals surface area contributed by atoms with E-state index in [-0.39, 0.29) is 12.0 Å². The first-order valence-electron chi connectivity index (χ1n) is 9.99. The molecule has 0 spiro atoms. The Labute approximate surface area is 191 Å². The fourth-order valence-corrected chi connectivity index (χ4v) is 5.58. The number of hydrogen-bond donors (Lipinski definition) is 6. The number of hydrogen-bond acceptors (Lipinski definition) is 12. The molecule has 0 amide bonds. The summed E-state index contributed by atoms with van der Waals surface area (Å²) in [6.45, 7) is 1.34. The minimum absolute atomic E-state index is 0.122. The summed E-state index contributed by atoms with van der Waals surface area (Å²) in [5, 5.41) is 29.4. The van der Waals surface area contributed by atoms with Crippen LogP contribution in [0.3, 0.4) is 0 Å². The molecule has 3 heterocycles. The van der Waals surface area contributed by atoms with Crippen molar-refractivity contribution < 1.29 is 57.1 Å². The first kappa shape index (κ1) is 27.3. The molecule has 0 saturated carbocycles. The Bertz CT molecular complexity index is 1110. The van der Waals surface area contributed by atoms with Gasteiger partial charge in [-0.25, -0.2) is 13.9 Å². The van der Waals surface area contributed by atoms with E-state index in [0.29, 0.717) is 0 Å². The number of phosphoric ester groups is 2. The van der Waals surface area contributed by atoms with Crippen LogP contribution >= 0.6 is 15.6 Å². The molecule has 0 radical (unpaired) electrons. The Morgan fingerprint density at radius 1 is 1.26 bits per heavy atom. The van der Waals surface area contributed by atoms with Crippen molar-refractivity contribution in [1.29, 1.82) is 0 Å². The molecular formula is C16H26N2O14P2. The number of aliphatic hydroxyl groups is 3. The van der Waals surface area contributed by atoms with Gasteiger partial charge in [-0.2, -0.15) is 4.31 Å². The Balaban J connectivity index is 1.57. The molecule has 0 bridgehead atoms. The van der Waals surface area contributed by atoms with Crippen LogP contribution in [-0.2, 0) is 32.0 Å². The highest BCUT2D eigenvalue weighted by Gasteiger charge is 2.49. The number of aryl methyl sites for hydroxylation is 1. The lowest BCUT2D eigenvalue weighted by molar-refractivity contribution is -0.100. The lowest BCUT2D eigenvalue weighted by atomic mass is 9.98. The molecule has 0 aromatic carbocycles. The second-order valence-electron chi connectivity index (χ2n) is 8.00. The van der Waals surface area contributed by atoms with E-state index in [1.165, 1.54) is 20.0 Å². The molecule has 6 N–H and O–H groups in total. The van der Waals surface area contributed by atoms with E-state index in [9.17, 15) is 43.8 Å². The van der Waals surface area contributed by atoms with Crippen LogP contribution in [0.2, 0.25) is 0 Å². The molecule has 2 fully saturated rings. The van der Waals surface area contributed by atoms with Gasteiger partial charge in [0.05, 0.1) is 25.4 Å². The summed E-state index contributed by atoms with van der Waals surface area (Å²) >= 11 is 0. The first-order valence-corrected chi connectivity index (χ1v) is 13.0. The molecule has 0 aliphatic carbocycles. The van der Waals surface area contributed by atoms with Crippen LogP contribution < -0.4 is 11.2 Å². The van der Waals surface area contributed by atoms with Gasteiger partial charge in [0.15, 0.2) is 6.29 Å². The van der Waals surface area contributed by atoms with Crippen molar-refractivity contribution in [2.75, 3.05) is 13.2 Å². The first-order chi connectivity index (χ1) is 15.6. The summed E-state index contributed by atoms with van der Waals surface area (Å²) in [7, 11) is -10.5. The van der Waals surface area contributed by atoms with Gasteiger partial charge >= 0.3 is 21.3 Å². The normalized spacial score (nSPS) is 35.2. The fraction of sp³-hybridized carbons (Fsp3) is 0.750. The molecule has 194 valence electrons. The van der Waals surface area contributed by atoms with Crippen molar-refractivity contribution in [3.63, 3.8) is 0 Å². The van der Waals surface area contributed by atoms with Gasteiger partial charge in [-0.05, 0) is 13.8 Å². The third-order valence-electron chi connectivity index (χ3n) is 5.43. The molecule has 34 heavy (non-hydrogen) atoms. The number of ether oxygens (including phenoxy) is 2. The minimum Gasteiger partial charge on any atom is -0.393 e. The van der Waals surface area contributed by atoms with Crippen LogP contribution in [0.25, 0.3) is 0 Å². The maximum Gasteiger partial charge on any atom is 0.483 e. The van der Waals surface area contributed by atoms with Gasteiger partial charge in [-0.3, -0.25) is 23.4 Å². The van der Waals surface area contributed by atoms with Crippen molar-refractivity contribution >= 4 is 15.6 Å². The van der Waals surface area contributed by atoms with Gasteiger partial charge in [0.2, 0.25) is 0 Å².